The zero-order valence-electron chi connectivity index (χ0n) is 12.7. The molecule has 1 aliphatic heterocycles. The first-order chi connectivity index (χ1) is 10.2. The smallest absolute Gasteiger partial charge is 0.238 e. The molecule has 2 aliphatic carbocycles. The molecule has 5 nitrogen and oxygen atoms in total. The summed E-state index contributed by atoms with van der Waals surface area (Å²) in [6, 6.07) is 2.17. The molecule has 2 heterocycles. The second kappa shape index (κ2) is 4.83. The highest BCUT2D eigenvalue weighted by Gasteiger charge is 2.51. The molecule has 1 aromatic rings. The Labute approximate surface area is 125 Å². The average Bonchev–Trinajstić information content (AvgIpc) is 3.03. The molecule has 1 spiro atoms. The largest absolute Gasteiger partial charge is 0.349 e. The van der Waals surface area contributed by atoms with E-state index in [0.717, 1.165) is 12.2 Å². The van der Waals surface area contributed by atoms with Crippen molar-refractivity contribution in [2.75, 3.05) is 6.54 Å². The minimum absolute atomic E-state index is 0.0242. The van der Waals surface area contributed by atoms with Gasteiger partial charge >= 0.3 is 0 Å². The number of carbonyl (C=O) groups excluding carboxylic acids is 1. The summed E-state index contributed by atoms with van der Waals surface area (Å²) in [6.07, 6.45) is 7.48. The summed E-state index contributed by atoms with van der Waals surface area (Å²) in [5.41, 5.74) is 2.55. The lowest BCUT2D eigenvalue weighted by Gasteiger charge is -2.47. The van der Waals surface area contributed by atoms with Crippen molar-refractivity contribution in [3.63, 3.8) is 0 Å². The third-order valence-corrected chi connectivity index (χ3v) is 5.57. The molecule has 0 radical (unpaired) electrons. The Morgan fingerprint density at radius 3 is 2.86 bits per heavy atom. The molecule has 5 heteroatoms. The van der Waals surface area contributed by atoms with Crippen LogP contribution in [-0.4, -0.2) is 28.3 Å². The molecule has 114 valence electrons. The lowest BCUT2D eigenvalue weighted by Crippen LogP contribution is -2.67. The van der Waals surface area contributed by atoms with Gasteiger partial charge in [-0.2, -0.15) is 5.10 Å². The van der Waals surface area contributed by atoms with Crippen LogP contribution in [0.4, 0.5) is 0 Å². The Hall–Kier alpha value is -1.36. The van der Waals surface area contributed by atoms with Crippen molar-refractivity contribution in [3.8, 4) is 0 Å². The van der Waals surface area contributed by atoms with Crippen LogP contribution in [0, 0.1) is 5.41 Å². The van der Waals surface area contributed by atoms with Crippen molar-refractivity contribution >= 4 is 5.91 Å². The molecule has 2 N–H and O–H groups in total. The molecule has 1 aromatic heterocycles. The highest BCUT2D eigenvalue weighted by atomic mass is 16.2. The Morgan fingerprint density at radius 2 is 2.24 bits per heavy atom. The first-order valence-electron chi connectivity index (χ1n) is 8.22. The number of nitrogens with zero attached hydrogens (tertiary/aromatic N) is 2. The van der Waals surface area contributed by atoms with E-state index >= 15 is 0 Å². The molecule has 2 saturated carbocycles. The average molecular weight is 288 g/mol. The van der Waals surface area contributed by atoms with Gasteiger partial charge in [0.15, 0.2) is 0 Å². The maximum Gasteiger partial charge on any atom is 0.238 e. The van der Waals surface area contributed by atoms with E-state index in [0.29, 0.717) is 12.5 Å². The van der Waals surface area contributed by atoms with Gasteiger partial charge < -0.3 is 10.6 Å². The number of rotatable bonds is 4. The molecule has 3 fully saturated rings. The molecule has 1 atom stereocenters. The van der Waals surface area contributed by atoms with E-state index in [-0.39, 0.29) is 17.4 Å². The van der Waals surface area contributed by atoms with Crippen LogP contribution < -0.4 is 10.6 Å². The first kappa shape index (κ1) is 13.3. The van der Waals surface area contributed by atoms with Crippen molar-refractivity contribution in [1.82, 2.24) is 20.4 Å². The summed E-state index contributed by atoms with van der Waals surface area (Å²) in [4.78, 5) is 12.4. The SMILES string of the molecule is Cn1nc(C2CC2)cc1CNC(=O)C1NCC12CCCC2. The summed E-state index contributed by atoms with van der Waals surface area (Å²) in [5.74, 6) is 0.827. The van der Waals surface area contributed by atoms with Crippen molar-refractivity contribution in [1.29, 1.82) is 0 Å². The van der Waals surface area contributed by atoms with Gasteiger partial charge in [0.2, 0.25) is 5.91 Å². The van der Waals surface area contributed by atoms with E-state index in [2.05, 4.69) is 21.8 Å². The van der Waals surface area contributed by atoms with E-state index < -0.39 is 0 Å². The fourth-order valence-electron chi connectivity index (χ4n) is 3.96. The summed E-state index contributed by atoms with van der Waals surface area (Å²) in [7, 11) is 1.97. The molecule has 0 bridgehead atoms. The number of nitrogens with one attached hydrogen (secondary N) is 2. The highest BCUT2D eigenvalue weighted by Crippen LogP contribution is 2.45. The topological polar surface area (TPSA) is 59.0 Å². The first-order valence-corrected chi connectivity index (χ1v) is 8.22. The number of carbonyl (C=O) groups is 1. The molecule has 1 amide bonds. The second-order valence-electron chi connectivity index (χ2n) is 7.06. The number of amides is 1. The number of hydrogen-bond acceptors (Lipinski definition) is 3. The van der Waals surface area contributed by atoms with Gasteiger partial charge in [-0.3, -0.25) is 9.48 Å². The minimum atomic E-state index is 0.0242. The fraction of sp³-hybridized carbons (Fsp3) is 0.750. The summed E-state index contributed by atoms with van der Waals surface area (Å²) in [6.45, 7) is 1.60. The normalized spacial score (nSPS) is 26.8. The van der Waals surface area contributed by atoms with Gasteiger partial charge in [0.25, 0.3) is 0 Å². The van der Waals surface area contributed by atoms with Crippen LogP contribution in [0.3, 0.4) is 0 Å². The monoisotopic (exact) mass is 288 g/mol. The zero-order chi connectivity index (χ0) is 14.4. The minimum Gasteiger partial charge on any atom is -0.349 e. The molecule has 1 saturated heterocycles. The molecule has 21 heavy (non-hydrogen) atoms. The third kappa shape index (κ3) is 2.27. The van der Waals surface area contributed by atoms with Gasteiger partial charge in [-0.15, -0.1) is 0 Å². The lowest BCUT2D eigenvalue weighted by molar-refractivity contribution is -0.130. The summed E-state index contributed by atoms with van der Waals surface area (Å²) >= 11 is 0. The van der Waals surface area contributed by atoms with E-state index in [1.54, 1.807) is 0 Å². The standard InChI is InChI=1S/C16H24N4O/c1-20-12(8-13(19-20)11-4-5-11)9-17-15(21)14-16(10-18-14)6-2-3-7-16/h8,11,14,18H,2-7,9-10H2,1H3,(H,17,21). The van der Waals surface area contributed by atoms with Crippen LogP contribution >= 0.6 is 0 Å². The van der Waals surface area contributed by atoms with Gasteiger partial charge in [0.1, 0.15) is 0 Å². The second-order valence-corrected chi connectivity index (χ2v) is 7.06. The quantitative estimate of drug-likeness (QED) is 0.881. The van der Waals surface area contributed by atoms with Crippen molar-refractivity contribution in [2.45, 2.75) is 57.0 Å². The molecule has 0 aromatic carbocycles. The maximum atomic E-state index is 12.4. The van der Waals surface area contributed by atoms with Crippen LogP contribution in [0.2, 0.25) is 0 Å². The van der Waals surface area contributed by atoms with E-state index in [1.165, 1.54) is 44.2 Å². The van der Waals surface area contributed by atoms with Crippen LogP contribution in [0.15, 0.2) is 6.07 Å². The van der Waals surface area contributed by atoms with Crippen molar-refractivity contribution < 1.29 is 4.79 Å². The van der Waals surface area contributed by atoms with Crippen LogP contribution in [0.5, 0.6) is 0 Å². The summed E-state index contributed by atoms with van der Waals surface area (Å²) < 4.78 is 1.91. The van der Waals surface area contributed by atoms with Gasteiger partial charge in [-0.25, -0.2) is 0 Å². The Kier molecular flexibility index (Phi) is 3.06. The van der Waals surface area contributed by atoms with Crippen LogP contribution in [-0.2, 0) is 18.4 Å². The van der Waals surface area contributed by atoms with Gasteiger partial charge in [-0.1, -0.05) is 12.8 Å². The highest BCUT2D eigenvalue weighted by molar-refractivity contribution is 5.84. The van der Waals surface area contributed by atoms with E-state index in [9.17, 15) is 4.79 Å². The Bertz CT molecular complexity index is 555. The van der Waals surface area contributed by atoms with Crippen LogP contribution in [0.1, 0.15) is 55.8 Å². The predicted molar refractivity (Wildman–Crippen MR) is 79.7 cm³/mol. The van der Waals surface area contributed by atoms with Crippen LogP contribution in [0.25, 0.3) is 0 Å². The van der Waals surface area contributed by atoms with E-state index in [4.69, 9.17) is 0 Å². The van der Waals surface area contributed by atoms with Crippen molar-refractivity contribution in [2.24, 2.45) is 12.5 Å². The molecular formula is C16H24N4O. The summed E-state index contributed by atoms with van der Waals surface area (Å²) in [5, 5.41) is 11.0. The Balaban J connectivity index is 1.37. The molecule has 4 rings (SSSR count). The third-order valence-electron chi connectivity index (χ3n) is 5.57. The van der Waals surface area contributed by atoms with Gasteiger partial charge in [-0.05, 0) is 31.7 Å². The molecule has 3 aliphatic rings. The molecule has 1 unspecified atom stereocenters. The number of aryl methyl sites for hydroxylation is 1. The zero-order valence-corrected chi connectivity index (χ0v) is 12.7. The predicted octanol–water partition coefficient (Wildman–Crippen LogP) is 1.45. The molecular weight excluding hydrogens is 264 g/mol. The van der Waals surface area contributed by atoms with Crippen molar-refractivity contribution in [3.05, 3.63) is 17.5 Å². The van der Waals surface area contributed by atoms with E-state index in [1.807, 2.05) is 11.7 Å². The number of hydrogen-bond donors (Lipinski definition) is 2. The fourth-order valence-corrected chi connectivity index (χ4v) is 3.96. The number of aromatic nitrogens is 2. The van der Waals surface area contributed by atoms with Gasteiger partial charge in [0.05, 0.1) is 24.0 Å². The lowest BCUT2D eigenvalue weighted by atomic mass is 9.71. The van der Waals surface area contributed by atoms with Gasteiger partial charge in [0, 0.05) is 24.9 Å². The maximum absolute atomic E-state index is 12.4. The Morgan fingerprint density at radius 1 is 1.48 bits per heavy atom.